The minimum atomic E-state index is -0.646. The fourth-order valence-electron chi connectivity index (χ4n) is 6.90. The van der Waals surface area contributed by atoms with Crippen molar-refractivity contribution in [3.05, 3.63) is 54.0 Å². The van der Waals surface area contributed by atoms with Crippen LogP contribution in [0.25, 0.3) is 22.0 Å². The van der Waals surface area contributed by atoms with E-state index >= 15 is 4.39 Å². The van der Waals surface area contributed by atoms with Crippen LogP contribution in [0.1, 0.15) is 51.0 Å². The van der Waals surface area contributed by atoms with E-state index in [1.165, 1.54) is 25.1 Å². The molecule has 3 fully saturated rings. The maximum Gasteiger partial charge on any atom is 0.290 e. The molecule has 6 rings (SSSR count). The van der Waals surface area contributed by atoms with Crippen LogP contribution in [0.15, 0.2) is 52.6 Å². The smallest absolute Gasteiger partial charge is 0.290 e. The van der Waals surface area contributed by atoms with Crippen LogP contribution in [0, 0.1) is 5.82 Å². The number of carbonyl (C=O) groups is 1. The molecule has 0 aliphatic carbocycles. The van der Waals surface area contributed by atoms with Gasteiger partial charge in [-0.05, 0) is 88.7 Å². The summed E-state index contributed by atoms with van der Waals surface area (Å²) in [6, 6.07) is 10.9. The van der Waals surface area contributed by atoms with E-state index in [-0.39, 0.29) is 29.1 Å². The second-order valence-electron chi connectivity index (χ2n) is 12.0. The van der Waals surface area contributed by atoms with Gasteiger partial charge in [-0.25, -0.2) is 13.8 Å². The highest BCUT2D eigenvalue weighted by molar-refractivity contribution is 6.04. The van der Waals surface area contributed by atoms with Crippen molar-refractivity contribution < 1.29 is 28.9 Å². The van der Waals surface area contributed by atoms with Gasteiger partial charge in [-0.1, -0.05) is 24.3 Å². The predicted molar refractivity (Wildman–Crippen MR) is 177 cm³/mol. The van der Waals surface area contributed by atoms with Gasteiger partial charge in [0.05, 0.1) is 5.56 Å². The minimum absolute atomic E-state index is 0.0216. The van der Waals surface area contributed by atoms with Gasteiger partial charge in [0, 0.05) is 43.0 Å². The summed E-state index contributed by atoms with van der Waals surface area (Å²) in [4.78, 5) is 25.4. The van der Waals surface area contributed by atoms with E-state index in [9.17, 15) is 14.6 Å². The average molecular weight is 639 g/mol. The molecule has 2 unspecified atom stereocenters. The van der Waals surface area contributed by atoms with E-state index in [0.717, 1.165) is 49.5 Å². The summed E-state index contributed by atoms with van der Waals surface area (Å²) in [5.74, 6) is -0.171. The lowest BCUT2D eigenvalue weighted by atomic mass is 9.97. The first kappa shape index (κ1) is 34.9. The normalized spacial score (nSPS) is 23.1. The number of benzene rings is 2. The van der Waals surface area contributed by atoms with Crippen LogP contribution in [-0.2, 0) is 4.79 Å². The van der Waals surface area contributed by atoms with E-state index in [4.69, 9.17) is 9.90 Å². The van der Waals surface area contributed by atoms with Crippen LogP contribution >= 0.6 is 0 Å². The fourth-order valence-corrected chi connectivity index (χ4v) is 6.90. The Hall–Kier alpha value is -4.00. The Bertz CT molecular complexity index is 1540. The number of hydrogen-bond donors (Lipinski definition) is 4. The van der Waals surface area contributed by atoms with E-state index < -0.39 is 18.7 Å². The van der Waals surface area contributed by atoms with Gasteiger partial charge in [-0.3, -0.25) is 19.7 Å². The van der Waals surface area contributed by atoms with Crippen LogP contribution in [0.5, 0.6) is 5.75 Å². The molecule has 248 valence electrons. The molecular weight excluding hydrogens is 594 g/mol. The number of aromatic nitrogens is 1. The van der Waals surface area contributed by atoms with Crippen molar-refractivity contribution in [1.82, 2.24) is 20.1 Å². The number of aromatic hydroxyl groups is 1. The number of likely N-dealkylation sites (tertiary alicyclic amines) is 1. The lowest BCUT2D eigenvalue weighted by molar-refractivity contribution is -0.122. The van der Waals surface area contributed by atoms with Gasteiger partial charge in [-0.2, -0.15) is 0 Å². The average Bonchev–Trinajstić information content (AvgIpc) is 3.40. The highest BCUT2D eigenvalue weighted by Crippen LogP contribution is 2.39. The van der Waals surface area contributed by atoms with Crippen molar-refractivity contribution in [2.45, 2.75) is 63.2 Å². The molecule has 3 aromatic rings. The molecule has 0 bridgehead atoms. The molecular formula is C34H44F2N6O4. The first-order valence-electron chi connectivity index (χ1n) is 15.6. The molecule has 12 heteroatoms. The number of amidine groups is 1. The number of halogens is 2. The van der Waals surface area contributed by atoms with Crippen molar-refractivity contribution in [2.75, 3.05) is 40.0 Å². The summed E-state index contributed by atoms with van der Waals surface area (Å²) in [7, 11) is 1.95. The lowest BCUT2D eigenvalue weighted by Crippen LogP contribution is -2.34. The van der Waals surface area contributed by atoms with Crippen LogP contribution in [0.3, 0.4) is 0 Å². The molecule has 2 aromatic carbocycles. The SMILES string of the molecule is C=Nc1c(/C(=N\CO)N2CCCC(NC)CC2)cnc(-c2cc(O)cc3ccccc23)c1F.C[C@@]12CCCN1CC(F)C2.O=CO. The molecule has 0 amide bonds. The molecule has 1 aromatic heterocycles. The molecule has 4 heterocycles. The summed E-state index contributed by atoms with van der Waals surface area (Å²) < 4.78 is 28.7. The Morgan fingerprint density at radius 3 is 2.67 bits per heavy atom. The Labute approximate surface area is 268 Å². The van der Waals surface area contributed by atoms with E-state index in [1.54, 1.807) is 6.07 Å². The number of nitrogens with zero attached hydrogens (tertiary/aromatic N) is 5. The molecule has 3 aliphatic rings. The summed E-state index contributed by atoms with van der Waals surface area (Å²) in [5.41, 5.74) is 1.18. The third kappa shape index (κ3) is 7.86. The molecule has 3 saturated heterocycles. The highest BCUT2D eigenvalue weighted by Gasteiger charge is 2.44. The Morgan fingerprint density at radius 2 is 1.98 bits per heavy atom. The molecule has 0 saturated carbocycles. The van der Waals surface area contributed by atoms with Crippen LogP contribution in [0.2, 0.25) is 0 Å². The van der Waals surface area contributed by atoms with Crippen molar-refractivity contribution in [3.8, 4) is 17.0 Å². The second kappa shape index (κ2) is 16.0. The van der Waals surface area contributed by atoms with E-state index in [1.807, 2.05) is 36.2 Å². The number of phenolic OH excluding ortho intramolecular Hbond substituents is 1. The Balaban J connectivity index is 0.000000306. The Morgan fingerprint density at radius 1 is 1.22 bits per heavy atom. The molecule has 4 N–H and O–H groups in total. The third-order valence-corrected chi connectivity index (χ3v) is 9.14. The largest absolute Gasteiger partial charge is 0.508 e. The molecule has 3 atom stereocenters. The summed E-state index contributed by atoms with van der Waals surface area (Å²) in [6.45, 7) is 8.35. The van der Waals surface area contributed by atoms with Gasteiger partial charge < -0.3 is 25.5 Å². The van der Waals surface area contributed by atoms with Crippen molar-refractivity contribution >= 4 is 35.5 Å². The van der Waals surface area contributed by atoms with Crippen LogP contribution in [-0.4, -0.2) is 107 Å². The van der Waals surface area contributed by atoms with Gasteiger partial charge in [0.25, 0.3) is 6.47 Å². The lowest BCUT2D eigenvalue weighted by Gasteiger charge is -2.25. The fraction of sp³-hybridized carbons (Fsp3) is 0.471. The second-order valence-corrected chi connectivity index (χ2v) is 12.0. The number of fused-ring (bicyclic) bond motifs is 2. The molecule has 0 spiro atoms. The van der Waals surface area contributed by atoms with E-state index in [0.29, 0.717) is 36.1 Å². The van der Waals surface area contributed by atoms with Gasteiger partial charge in [0.15, 0.2) is 5.82 Å². The number of aliphatic hydroxyl groups excluding tert-OH is 1. The maximum atomic E-state index is 15.8. The summed E-state index contributed by atoms with van der Waals surface area (Å²) in [6.07, 6.45) is 7.09. The first-order chi connectivity index (χ1) is 22.2. The topological polar surface area (TPSA) is 134 Å². The number of hydrogen-bond acceptors (Lipinski definition) is 8. The number of aliphatic hydroxyl groups is 1. The zero-order valence-corrected chi connectivity index (χ0v) is 26.5. The van der Waals surface area contributed by atoms with Gasteiger partial charge in [0.1, 0.15) is 35.9 Å². The molecule has 0 radical (unpaired) electrons. The minimum Gasteiger partial charge on any atom is -0.508 e. The summed E-state index contributed by atoms with van der Waals surface area (Å²) in [5, 5.41) is 31.5. The van der Waals surface area contributed by atoms with Crippen LogP contribution in [0.4, 0.5) is 14.5 Å². The van der Waals surface area contributed by atoms with Crippen molar-refractivity contribution in [1.29, 1.82) is 0 Å². The van der Waals surface area contributed by atoms with Crippen molar-refractivity contribution in [2.24, 2.45) is 9.98 Å². The zero-order chi connectivity index (χ0) is 33.3. The van der Waals surface area contributed by atoms with Crippen LogP contribution < -0.4 is 5.32 Å². The quantitative estimate of drug-likeness (QED) is 0.172. The molecule has 10 nitrogen and oxygen atoms in total. The predicted octanol–water partition coefficient (Wildman–Crippen LogP) is 5.13. The number of aliphatic imine (C=N–C) groups is 2. The monoisotopic (exact) mass is 638 g/mol. The standard InChI is InChI=1S/C25H28FN5O2.C8H14FN.CH2O2/c1-27-17-7-5-10-31(11-9-17)25(30-15-32)21-14-29-24(22(26)23(21)28-2)20-13-18(33)12-16-6-3-4-8-19(16)20;1-8-3-2-4-10(8)6-7(9)5-8;2-1-3/h3-4,6,8,12-14,17,27,32-33H,2,5,7,9-11,15H2,1H3;7H,2-6H2,1H3;1H,(H,2,3)/b30-25+;;/t;7?,8-;/m.0./s1. The first-order valence-corrected chi connectivity index (χ1v) is 15.6. The molecule has 46 heavy (non-hydrogen) atoms. The zero-order valence-electron chi connectivity index (χ0n) is 26.5. The number of carboxylic acid groups (broad SMARTS) is 1. The number of nitrogens with one attached hydrogen (secondary N) is 1. The van der Waals surface area contributed by atoms with Gasteiger partial charge in [-0.15, -0.1) is 0 Å². The molecule has 3 aliphatic heterocycles. The number of alkyl halides is 1. The highest BCUT2D eigenvalue weighted by atomic mass is 19.1. The van der Waals surface area contributed by atoms with E-state index in [2.05, 4.69) is 38.8 Å². The number of pyridine rings is 1. The Kier molecular flexibility index (Phi) is 12.1. The van der Waals surface area contributed by atoms with Gasteiger partial charge in [0.2, 0.25) is 0 Å². The maximum absolute atomic E-state index is 15.8. The summed E-state index contributed by atoms with van der Waals surface area (Å²) >= 11 is 0. The number of rotatable bonds is 5. The van der Waals surface area contributed by atoms with Crippen molar-refractivity contribution in [3.63, 3.8) is 0 Å². The van der Waals surface area contributed by atoms with Gasteiger partial charge >= 0.3 is 0 Å². The third-order valence-electron chi connectivity index (χ3n) is 9.14. The number of phenols is 1.